The standard InChI is InChI=1S/C16H33N3O/c1-13(7-6-8-14(2)17)16(20)18-11-12-19(3)15-9-4-5-10-15/h13-15H,4-12,17H2,1-3H3,(H,18,20). The summed E-state index contributed by atoms with van der Waals surface area (Å²) in [6, 6.07) is 0.973. The van der Waals surface area contributed by atoms with E-state index in [4.69, 9.17) is 5.73 Å². The van der Waals surface area contributed by atoms with Gasteiger partial charge in [0.05, 0.1) is 0 Å². The highest BCUT2D eigenvalue weighted by atomic mass is 16.1. The van der Waals surface area contributed by atoms with Gasteiger partial charge in [-0.05, 0) is 39.7 Å². The van der Waals surface area contributed by atoms with Crippen LogP contribution < -0.4 is 11.1 Å². The first-order chi connectivity index (χ1) is 9.50. The molecule has 1 amide bonds. The summed E-state index contributed by atoms with van der Waals surface area (Å²) in [4.78, 5) is 14.4. The van der Waals surface area contributed by atoms with Crippen LogP contribution in [0.1, 0.15) is 58.8 Å². The Kier molecular flexibility index (Phi) is 8.15. The maximum atomic E-state index is 12.0. The Labute approximate surface area is 124 Å². The highest BCUT2D eigenvalue weighted by Crippen LogP contribution is 2.21. The molecule has 0 bridgehead atoms. The molecule has 0 radical (unpaired) electrons. The van der Waals surface area contributed by atoms with Crippen molar-refractivity contribution in [3.63, 3.8) is 0 Å². The summed E-state index contributed by atoms with van der Waals surface area (Å²) in [5.74, 6) is 0.292. The van der Waals surface area contributed by atoms with Crippen molar-refractivity contribution in [2.45, 2.75) is 70.9 Å². The van der Waals surface area contributed by atoms with E-state index in [-0.39, 0.29) is 17.9 Å². The van der Waals surface area contributed by atoms with Crippen LogP contribution in [0.25, 0.3) is 0 Å². The summed E-state index contributed by atoms with van der Waals surface area (Å²) in [7, 11) is 2.17. The molecule has 0 heterocycles. The third kappa shape index (κ3) is 6.71. The van der Waals surface area contributed by atoms with Crippen LogP contribution in [-0.4, -0.2) is 43.0 Å². The molecule has 118 valence electrons. The van der Waals surface area contributed by atoms with E-state index in [1.807, 2.05) is 13.8 Å². The first-order valence-corrected chi connectivity index (χ1v) is 8.24. The van der Waals surface area contributed by atoms with Gasteiger partial charge < -0.3 is 16.0 Å². The molecule has 1 saturated carbocycles. The molecule has 0 aromatic heterocycles. The zero-order chi connectivity index (χ0) is 15.0. The van der Waals surface area contributed by atoms with Crippen LogP contribution >= 0.6 is 0 Å². The average molecular weight is 283 g/mol. The highest BCUT2D eigenvalue weighted by Gasteiger charge is 2.19. The van der Waals surface area contributed by atoms with E-state index >= 15 is 0 Å². The molecular formula is C16H33N3O. The van der Waals surface area contributed by atoms with Gasteiger partial charge >= 0.3 is 0 Å². The van der Waals surface area contributed by atoms with Crippen LogP contribution in [0.2, 0.25) is 0 Å². The molecule has 0 aromatic rings. The maximum absolute atomic E-state index is 12.0. The van der Waals surface area contributed by atoms with Crippen molar-refractivity contribution < 1.29 is 4.79 Å². The molecule has 4 heteroatoms. The van der Waals surface area contributed by atoms with Crippen LogP contribution in [0.4, 0.5) is 0 Å². The molecule has 0 aromatic carbocycles. The van der Waals surface area contributed by atoms with E-state index in [1.54, 1.807) is 0 Å². The van der Waals surface area contributed by atoms with Crippen molar-refractivity contribution in [2.24, 2.45) is 11.7 Å². The van der Waals surface area contributed by atoms with Gasteiger partial charge in [-0.1, -0.05) is 26.2 Å². The zero-order valence-electron chi connectivity index (χ0n) is 13.5. The Morgan fingerprint density at radius 2 is 1.95 bits per heavy atom. The zero-order valence-corrected chi connectivity index (χ0v) is 13.5. The Morgan fingerprint density at radius 1 is 1.30 bits per heavy atom. The lowest BCUT2D eigenvalue weighted by Crippen LogP contribution is -2.39. The molecule has 2 unspecified atom stereocenters. The number of amides is 1. The smallest absolute Gasteiger partial charge is 0.222 e. The maximum Gasteiger partial charge on any atom is 0.222 e. The Balaban J connectivity index is 2.09. The lowest BCUT2D eigenvalue weighted by Gasteiger charge is -2.24. The number of carbonyl (C=O) groups excluding carboxylic acids is 1. The fourth-order valence-electron chi connectivity index (χ4n) is 2.93. The molecule has 0 saturated heterocycles. The van der Waals surface area contributed by atoms with Gasteiger partial charge in [-0.3, -0.25) is 4.79 Å². The van der Waals surface area contributed by atoms with Crippen LogP contribution in [0.3, 0.4) is 0 Å². The van der Waals surface area contributed by atoms with Crippen molar-refractivity contribution in [3.8, 4) is 0 Å². The third-order valence-electron chi connectivity index (χ3n) is 4.46. The van der Waals surface area contributed by atoms with Gasteiger partial charge in [0, 0.05) is 31.1 Å². The largest absolute Gasteiger partial charge is 0.355 e. The minimum atomic E-state index is 0.102. The van der Waals surface area contributed by atoms with Gasteiger partial charge in [0.1, 0.15) is 0 Å². The molecule has 0 spiro atoms. The van der Waals surface area contributed by atoms with Crippen molar-refractivity contribution in [1.82, 2.24) is 10.2 Å². The molecule has 4 nitrogen and oxygen atoms in total. The number of carbonyl (C=O) groups is 1. The van der Waals surface area contributed by atoms with Gasteiger partial charge in [0.25, 0.3) is 0 Å². The topological polar surface area (TPSA) is 58.4 Å². The number of nitrogens with one attached hydrogen (secondary N) is 1. The number of likely N-dealkylation sites (N-methyl/N-ethyl adjacent to an activating group) is 1. The second kappa shape index (κ2) is 9.35. The predicted molar refractivity (Wildman–Crippen MR) is 84.6 cm³/mol. The number of hydrogen-bond acceptors (Lipinski definition) is 3. The van der Waals surface area contributed by atoms with Gasteiger partial charge in [-0.15, -0.1) is 0 Å². The monoisotopic (exact) mass is 283 g/mol. The Bertz CT molecular complexity index is 275. The molecule has 0 aliphatic heterocycles. The van der Waals surface area contributed by atoms with Crippen LogP contribution in [-0.2, 0) is 4.79 Å². The summed E-state index contributed by atoms with van der Waals surface area (Å²) >= 11 is 0. The van der Waals surface area contributed by atoms with Crippen LogP contribution in [0.5, 0.6) is 0 Å². The minimum Gasteiger partial charge on any atom is -0.355 e. The molecule has 1 aliphatic rings. The summed E-state index contributed by atoms with van der Waals surface area (Å²) in [6.07, 6.45) is 8.33. The number of rotatable bonds is 9. The normalized spacial score (nSPS) is 19.2. The molecule has 20 heavy (non-hydrogen) atoms. The van der Waals surface area contributed by atoms with E-state index in [9.17, 15) is 4.79 Å². The molecular weight excluding hydrogens is 250 g/mol. The molecule has 1 fully saturated rings. The van der Waals surface area contributed by atoms with Crippen molar-refractivity contribution in [3.05, 3.63) is 0 Å². The second-order valence-corrected chi connectivity index (χ2v) is 6.52. The van der Waals surface area contributed by atoms with E-state index in [0.717, 1.165) is 38.4 Å². The minimum absolute atomic E-state index is 0.102. The summed E-state index contributed by atoms with van der Waals surface area (Å²) in [5.41, 5.74) is 5.72. The van der Waals surface area contributed by atoms with Gasteiger partial charge in [-0.2, -0.15) is 0 Å². The van der Waals surface area contributed by atoms with E-state index < -0.39 is 0 Å². The number of nitrogens with two attached hydrogens (primary N) is 1. The quantitative estimate of drug-likeness (QED) is 0.681. The molecule has 1 rings (SSSR count). The second-order valence-electron chi connectivity index (χ2n) is 6.52. The van der Waals surface area contributed by atoms with Crippen molar-refractivity contribution >= 4 is 5.91 Å². The van der Waals surface area contributed by atoms with Crippen molar-refractivity contribution in [1.29, 1.82) is 0 Å². The Hall–Kier alpha value is -0.610. The van der Waals surface area contributed by atoms with E-state index in [1.165, 1.54) is 25.7 Å². The first-order valence-electron chi connectivity index (χ1n) is 8.24. The summed E-state index contributed by atoms with van der Waals surface area (Å²) in [5, 5.41) is 3.06. The third-order valence-corrected chi connectivity index (χ3v) is 4.46. The first kappa shape index (κ1) is 17.4. The SMILES string of the molecule is CC(N)CCCC(C)C(=O)NCCN(C)C1CCCC1. The number of nitrogens with zero attached hydrogens (tertiary/aromatic N) is 1. The molecule has 1 aliphatic carbocycles. The fourth-order valence-corrected chi connectivity index (χ4v) is 2.93. The van der Waals surface area contributed by atoms with E-state index in [2.05, 4.69) is 17.3 Å². The highest BCUT2D eigenvalue weighted by molar-refractivity contribution is 5.78. The summed E-state index contributed by atoms with van der Waals surface area (Å²) in [6.45, 7) is 5.76. The van der Waals surface area contributed by atoms with E-state index in [0.29, 0.717) is 0 Å². The number of hydrogen-bond donors (Lipinski definition) is 2. The Morgan fingerprint density at radius 3 is 2.55 bits per heavy atom. The van der Waals surface area contributed by atoms with Crippen LogP contribution in [0.15, 0.2) is 0 Å². The fraction of sp³-hybridized carbons (Fsp3) is 0.938. The van der Waals surface area contributed by atoms with Gasteiger partial charge in [0.15, 0.2) is 0 Å². The average Bonchev–Trinajstić information content (AvgIpc) is 2.91. The lowest BCUT2D eigenvalue weighted by molar-refractivity contribution is -0.124. The summed E-state index contributed by atoms with van der Waals surface area (Å²) < 4.78 is 0. The van der Waals surface area contributed by atoms with Crippen LogP contribution in [0, 0.1) is 5.92 Å². The molecule has 2 atom stereocenters. The van der Waals surface area contributed by atoms with Gasteiger partial charge in [0.2, 0.25) is 5.91 Å². The predicted octanol–water partition coefficient (Wildman–Crippen LogP) is 2.13. The molecule has 3 N–H and O–H groups in total. The van der Waals surface area contributed by atoms with Gasteiger partial charge in [-0.25, -0.2) is 0 Å². The van der Waals surface area contributed by atoms with Crippen molar-refractivity contribution in [2.75, 3.05) is 20.1 Å². The lowest BCUT2D eigenvalue weighted by atomic mass is 10.0.